The molecular formula is C26H23ClF6O6. The smallest absolute Gasteiger partial charge is 0.432 e. The Hall–Kier alpha value is -3.09. The van der Waals surface area contributed by atoms with Gasteiger partial charge in [-0.3, -0.25) is 0 Å². The third-order valence-corrected chi connectivity index (χ3v) is 6.61. The van der Waals surface area contributed by atoms with E-state index in [1.54, 1.807) is 0 Å². The van der Waals surface area contributed by atoms with E-state index in [1.807, 2.05) is 0 Å². The number of carbonyl (C=O) groups excluding carboxylic acids is 2. The van der Waals surface area contributed by atoms with E-state index >= 15 is 0 Å². The van der Waals surface area contributed by atoms with Crippen molar-refractivity contribution in [3.05, 3.63) is 82.9 Å². The van der Waals surface area contributed by atoms with Gasteiger partial charge in [0.2, 0.25) is 0 Å². The number of esters is 2. The summed E-state index contributed by atoms with van der Waals surface area (Å²) in [6, 6.07) is 11.8. The first-order valence-corrected chi connectivity index (χ1v) is 11.8. The Morgan fingerprint density at radius 2 is 1.15 bits per heavy atom. The zero-order chi connectivity index (χ0) is 29.1. The fourth-order valence-electron chi connectivity index (χ4n) is 4.28. The number of rotatable bonds is 8. The van der Waals surface area contributed by atoms with Gasteiger partial charge in [0, 0.05) is 25.3 Å². The first kappa shape index (κ1) is 30.5. The Labute approximate surface area is 224 Å². The zero-order valence-electron chi connectivity index (χ0n) is 20.5. The highest BCUT2D eigenvalue weighted by Crippen LogP contribution is 2.46. The molecule has 1 aliphatic rings. The number of ether oxygens (including phenoxy) is 4. The molecule has 6 nitrogen and oxygen atoms in total. The van der Waals surface area contributed by atoms with Gasteiger partial charge >= 0.3 is 24.3 Å². The van der Waals surface area contributed by atoms with Crippen molar-refractivity contribution in [1.29, 1.82) is 0 Å². The van der Waals surface area contributed by atoms with Crippen LogP contribution < -0.4 is 0 Å². The number of hydrogen-bond donors (Lipinski definition) is 0. The number of carbonyl (C=O) groups is 2. The summed E-state index contributed by atoms with van der Waals surface area (Å²) >= 11 is 6.13. The van der Waals surface area contributed by atoms with Gasteiger partial charge in [0.05, 0.1) is 5.03 Å². The molecule has 0 radical (unpaired) electrons. The SMILES string of the molecule is CO[C@](C(=O)O[C@@H]1C(Cl)=CCC[C@H]1OC(=O)[C@@](OC)(c1ccccc1)C(F)(F)F)(c1ccccc1)C(F)(F)F. The van der Waals surface area contributed by atoms with Crippen LogP contribution in [-0.4, -0.2) is 50.7 Å². The monoisotopic (exact) mass is 580 g/mol. The van der Waals surface area contributed by atoms with E-state index < -0.39 is 58.8 Å². The summed E-state index contributed by atoms with van der Waals surface area (Å²) in [4.78, 5) is 26.2. The summed E-state index contributed by atoms with van der Waals surface area (Å²) in [5, 5.41) is -0.345. The highest BCUT2D eigenvalue weighted by atomic mass is 35.5. The topological polar surface area (TPSA) is 71.1 Å². The molecule has 3 rings (SSSR count). The lowest BCUT2D eigenvalue weighted by atomic mass is 9.91. The van der Waals surface area contributed by atoms with Crippen LogP contribution >= 0.6 is 11.6 Å². The molecule has 0 spiro atoms. The quantitative estimate of drug-likeness (QED) is 0.285. The van der Waals surface area contributed by atoms with Crippen LogP contribution in [0.1, 0.15) is 24.0 Å². The summed E-state index contributed by atoms with van der Waals surface area (Å²) < 4.78 is 105. The van der Waals surface area contributed by atoms with Gasteiger partial charge in [-0.1, -0.05) is 78.3 Å². The lowest BCUT2D eigenvalue weighted by Gasteiger charge is -2.38. The van der Waals surface area contributed by atoms with Crippen LogP contribution in [-0.2, 0) is 39.7 Å². The number of methoxy groups -OCH3 is 2. The molecule has 0 saturated carbocycles. The minimum atomic E-state index is -5.33. The van der Waals surface area contributed by atoms with Crippen LogP contribution in [0, 0.1) is 0 Å². The number of benzene rings is 2. The molecule has 0 saturated heterocycles. The predicted octanol–water partition coefficient (Wildman–Crippen LogP) is 5.93. The van der Waals surface area contributed by atoms with E-state index in [9.17, 15) is 35.9 Å². The highest BCUT2D eigenvalue weighted by molar-refractivity contribution is 6.30. The third kappa shape index (κ3) is 5.50. The molecule has 2 aromatic rings. The molecule has 0 amide bonds. The average Bonchev–Trinajstić information content (AvgIpc) is 2.87. The van der Waals surface area contributed by atoms with Crippen LogP contribution in [0.15, 0.2) is 71.8 Å². The van der Waals surface area contributed by atoms with Crippen molar-refractivity contribution in [2.45, 2.75) is 48.6 Å². The Kier molecular flexibility index (Phi) is 9.03. The van der Waals surface area contributed by atoms with Crippen LogP contribution in [0.3, 0.4) is 0 Å². The third-order valence-electron chi connectivity index (χ3n) is 6.24. The van der Waals surface area contributed by atoms with Gasteiger partial charge in [0.1, 0.15) is 6.10 Å². The number of allylic oxidation sites excluding steroid dienone is 1. The van der Waals surface area contributed by atoms with Crippen molar-refractivity contribution in [1.82, 2.24) is 0 Å². The largest absolute Gasteiger partial charge is 0.455 e. The normalized spacial score (nSPS) is 21.2. The minimum Gasteiger partial charge on any atom is -0.455 e. The first-order chi connectivity index (χ1) is 18.3. The first-order valence-electron chi connectivity index (χ1n) is 11.4. The van der Waals surface area contributed by atoms with E-state index in [2.05, 4.69) is 9.47 Å². The Bertz CT molecular complexity index is 1190. The van der Waals surface area contributed by atoms with Crippen molar-refractivity contribution in [3.8, 4) is 0 Å². The predicted molar refractivity (Wildman–Crippen MR) is 125 cm³/mol. The van der Waals surface area contributed by atoms with Gasteiger partial charge in [-0.2, -0.15) is 26.3 Å². The molecule has 212 valence electrons. The van der Waals surface area contributed by atoms with E-state index in [1.165, 1.54) is 42.5 Å². The van der Waals surface area contributed by atoms with Gasteiger partial charge in [0.15, 0.2) is 6.10 Å². The summed E-state index contributed by atoms with van der Waals surface area (Å²) in [6.45, 7) is 0. The second-order valence-electron chi connectivity index (χ2n) is 8.43. The van der Waals surface area contributed by atoms with Gasteiger partial charge < -0.3 is 18.9 Å². The molecule has 39 heavy (non-hydrogen) atoms. The Morgan fingerprint density at radius 3 is 1.54 bits per heavy atom. The highest BCUT2D eigenvalue weighted by Gasteiger charge is 2.66. The lowest BCUT2D eigenvalue weighted by Crippen LogP contribution is -2.55. The van der Waals surface area contributed by atoms with Crippen molar-refractivity contribution in [2.24, 2.45) is 0 Å². The molecule has 0 N–H and O–H groups in total. The summed E-state index contributed by atoms with van der Waals surface area (Å²) in [6.07, 6.45) is -13.0. The molecular weight excluding hydrogens is 558 g/mol. The number of alkyl halides is 6. The summed E-state index contributed by atoms with van der Waals surface area (Å²) in [5.41, 5.74) is -8.41. The standard InChI is InChI=1S/C26H23ClF6O6/c1-36-23(25(28,29)30,16-10-5-3-6-11-16)21(34)38-19-15-9-14-18(27)20(19)39-22(35)24(37-2,26(31,32)33)17-12-7-4-8-13-17/h3-8,10-14,19-20H,9,15H2,1-2H3/t19-,20-,23+,24+/m1/s1. The second kappa shape index (κ2) is 11.6. The van der Waals surface area contributed by atoms with Crippen molar-refractivity contribution >= 4 is 23.5 Å². The van der Waals surface area contributed by atoms with Crippen LogP contribution in [0.25, 0.3) is 0 Å². The molecule has 2 aromatic carbocycles. The van der Waals surface area contributed by atoms with Gasteiger partial charge in [-0.15, -0.1) is 0 Å². The maximum absolute atomic E-state index is 14.3. The molecule has 0 bridgehead atoms. The molecule has 0 unspecified atom stereocenters. The van der Waals surface area contributed by atoms with E-state index in [0.717, 1.165) is 24.3 Å². The van der Waals surface area contributed by atoms with Crippen molar-refractivity contribution < 1.29 is 54.9 Å². The molecule has 0 aromatic heterocycles. The van der Waals surface area contributed by atoms with Crippen LogP contribution in [0.4, 0.5) is 26.3 Å². The average molecular weight is 581 g/mol. The Morgan fingerprint density at radius 1 is 0.744 bits per heavy atom. The van der Waals surface area contributed by atoms with E-state index in [0.29, 0.717) is 14.2 Å². The lowest BCUT2D eigenvalue weighted by molar-refractivity contribution is -0.284. The minimum absolute atomic E-state index is 0.0650. The van der Waals surface area contributed by atoms with Crippen molar-refractivity contribution in [2.75, 3.05) is 14.2 Å². The molecule has 4 atom stereocenters. The molecule has 0 aliphatic heterocycles. The second-order valence-corrected chi connectivity index (χ2v) is 8.87. The van der Waals surface area contributed by atoms with Crippen molar-refractivity contribution in [3.63, 3.8) is 0 Å². The Balaban J connectivity index is 1.99. The van der Waals surface area contributed by atoms with E-state index in [-0.39, 0.29) is 17.9 Å². The van der Waals surface area contributed by atoms with E-state index in [4.69, 9.17) is 21.1 Å². The maximum Gasteiger partial charge on any atom is 0.432 e. The molecule has 0 heterocycles. The number of hydrogen-bond acceptors (Lipinski definition) is 6. The molecule has 13 heteroatoms. The van der Waals surface area contributed by atoms with Gasteiger partial charge in [0.25, 0.3) is 11.2 Å². The number of halogens is 7. The summed E-state index contributed by atoms with van der Waals surface area (Å²) in [5.74, 6) is -3.88. The molecule has 0 fully saturated rings. The van der Waals surface area contributed by atoms with Crippen LogP contribution in [0.5, 0.6) is 0 Å². The maximum atomic E-state index is 14.3. The fourth-order valence-corrected chi connectivity index (χ4v) is 4.57. The van der Waals surface area contributed by atoms with Gasteiger partial charge in [-0.05, 0) is 12.8 Å². The molecule has 1 aliphatic carbocycles. The fraction of sp³-hybridized carbons (Fsp3) is 0.385. The zero-order valence-corrected chi connectivity index (χ0v) is 21.3. The summed E-state index contributed by atoms with van der Waals surface area (Å²) in [7, 11) is 1.30. The van der Waals surface area contributed by atoms with Crippen LogP contribution in [0.2, 0.25) is 0 Å². The van der Waals surface area contributed by atoms with Gasteiger partial charge in [-0.25, -0.2) is 9.59 Å².